The van der Waals surface area contributed by atoms with Gasteiger partial charge in [0, 0.05) is 6.42 Å². The number of cyclic esters (lactones) is 1. The Labute approximate surface area is 201 Å². The fourth-order valence-electron chi connectivity index (χ4n) is 4.08. The molecule has 7 heteroatoms. The van der Waals surface area contributed by atoms with Gasteiger partial charge in [-0.25, -0.2) is 9.69 Å². The standard InChI is InChI=1S/C27H33NO6/c1-18-11-12-20(16-23(18)32-5)22(13-14-24(29)34-27(2,3)4)25(30)28-21(17-33-26(28)31)15-19-9-7-6-8-10-19/h6-12,16,21-22H,13-15,17H2,1-5H3/t21-,22-/m0/s1. The highest BCUT2D eigenvalue weighted by Gasteiger charge is 2.41. The Bertz CT molecular complexity index is 1030. The smallest absolute Gasteiger partial charge is 0.417 e. The summed E-state index contributed by atoms with van der Waals surface area (Å²) in [6.45, 7) is 7.44. The molecule has 0 aliphatic carbocycles. The topological polar surface area (TPSA) is 82.1 Å². The lowest BCUT2D eigenvalue weighted by atomic mass is 9.91. The van der Waals surface area contributed by atoms with Crippen LogP contribution in [0.15, 0.2) is 48.5 Å². The van der Waals surface area contributed by atoms with Gasteiger partial charge < -0.3 is 14.2 Å². The van der Waals surface area contributed by atoms with Crippen LogP contribution in [0.4, 0.5) is 4.79 Å². The lowest BCUT2D eigenvalue weighted by Crippen LogP contribution is -2.43. The highest BCUT2D eigenvalue weighted by Crippen LogP contribution is 2.32. The molecule has 0 unspecified atom stereocenters. The molecule has 34 heavy (non-hydrogen) atoms. The van der Waals surface area contributed by atoms with Crippen LogP contribution in [0.25, 0.3) is 0 Å². The summed E-state index contributed by atoms with van der Waals surface area (Å²) in [5.41, 5.74) is 1.98. The van der Waals surface area contributed by atoms with E-state index < -0.39 is 35.5 Å². The number of benzene rings is 2. The number of carbonyl (C=O) groups excluding carboxylic acids is 3. The first kappa shape index (κ1) is 25.3. The van der Waals surface area contributed by atoms with Gasteiger partial charge in [0.2, 0.25) is 5.91 Å². The minimum atomic E-state index is -0.731. The fourth-order valence-corrected chi connectivity index (χ4v) is 4.08. The Morgan fingerprint density at radius 1 is 1.15 bits per heavy atom. The van der Waals surface area contributed by atoms with Crippen molar-refractivity contribution in [3.8, 4) is 5.75 Å². The number of esters is 1. The zero-order chi connectivity index (χ0) is 24.9. The van der Waals surface area contributed by atoms with Gasteiger partial charge in [0.15, 0.2) is 0 Å². The van der Waals surface area contributed by atoms with Crippen LogP contribution < -0.4 is 4.74 Å². The lowest BCUT2D eigenvalue weighted by Gasteiger charge is -2.26. The Kier molecular flexibility index (Phi) is 7.97. The number of hydrogen-bond donors (Lipinski definition) is 0. The summed E-state index contributed by atoms with van der Waals surface area (Å²) in [5, 5.41) is 0. The number of amides is 2. The monoisotopic (exact) mass is 467 g/mol. The van der Waals surface area contributed by atoms with Gasteiger partial charge in [0.25, 0.3) is 0 Å². The first-order chi connectivity index (χ1) is 16.1. The van der Waals surface area contributed by atoms with Crippen molar-refractivity contribution in [1.29, 1.82) is 0 Å². The second kappa shape index (κ2) is 10.7. The van der Waals surface area contributed by atoms with Crippen LogP contribution in [0.2, 0.25) is 0 Å². The summed E-state index contributed by atoms with van der Waals surface area (Å²) in [5.74, 6) is -0.879. The molecular formula is C27H33NO6. The summed E-state index contributed by atoms with van der Waals surface area (Å²) in [7, 11) is 1.57. The first-order valence-corrected chi connectivity index (χ1v) is 11.5. The van der Waals surface area contributed by atoms with E-state index in [9.17, 15) is 14.4 Å². The highest BCUT2D eigenvalue weighted by molar-refractivity contribution is 5.97. The maximum atomic E-state index is 13.8. The van der Waals surface area contributed by atoms with E-state index in [2.05, 4.69) is 0 Å². The number of aryl methyl sites for hydroxylation is 1. The van der Waals surface area contributed by atoms with Crippen molar-refractivity contribution in [2.45, 2.75) is 64.5 Å². The molecule has 0 radical (unpaired) electrons. The molecule has 3 rings (SSSR count). The van der Waals surface area contributed by atoms with Crippen molar-refractivity contribution in [3.63, 3.8) is 0 Å². The van der Waals surface area contributed by atoms with Gasteiger partial charge in [-0.1, -0.05) is 42.5 Å². The third-order valence-electron chi connectivity index (χ3n) is 5.70. The zero-order valence-corrected chi connectivity index (χ0v) is 20.5. The predicted octanol–water partition coefficient (Wildman–Crippen LogP) is 4.80. The molecule has 0 spiro atoms. The first-order valence-electron chi connectivity index (χ1n) is 11.5. The number of ether oxygens (including phenoxy) is 3. The molecule has 0 saturated carbocycles. The Balaban J connectivity index is 1.88. The quantitative estimate of drug-likeness (QED) is 0.519. The van der Waals surface area contributed by atoms with E-state index in [1.54, 1.807) is 33.9 Å². The van der Waals surface area contributed by atoms with Crippen molar-refractivity contribution >= 4 is 18.0 Å². The van der Waals surface area contributed by atoms with E-state index in [1.165, 1.54) is 4.90 Å². The normalized spacial score (nSPS) is 16.7. The zero-order valence-electron chi connectivity index (χ0n) is 20.5. The molecule has 1 heterocycles. The van der Waals surface area contributed by atoms with Crippen LogP contribution in [0.1, 0.15) is 56.2 Å². The number of nitrogens with zero attached hydrogens (tertiary/aromatic N) is 1. The van der Waals surface area contributed by atoms with E-state index in [1.807, 2.05) is 49.4 Å². The maximum absolute atomic E-state index is 13.8. The van der Waals surface area contributed by atoms with Crippen LogP contribution in [0, 0.1) is 6.92 Å². The van der Waals surface area contributed by atoms with Crippen LogP contribution in [0.3, 0.4) is 0 Å². The number of imide groups is 1. The maximum Gasteiger partial charge on any atom is 0.417 e. The second-order valence-corrected chi connectivity index (χ2v) is 9.54. The van der Waals surface area contributed by atoms with Crippen molar-refractivity contribution in [2.24, 2.45) is 0 Å². The van der Waals surface area contributed by atoms with Crippen LogP contribution in [-0.2, 0) is 25.5 Å². The van der Waals surface area contributed by atoms with Crippen LogP contribution in [-0.4, -0.2) is 48.2 Å². The van der Waals surface area contributed by atoms with E-state index >= 15 is 0 Å². The molecule has 1 fully saturated rings. The summed E-state index contributed by atoms with van der Waals surface area (Å²) in [6.07, 6.45) is 0.0685. The Morgan fingerprint density at radius 3 is 2.50 bits per heavy atom. The van der Waals surface area contributed by atoms with Crippen molar-refractivity contribution in [3.05, 3.63) is 65.2 Å². The van der Waals surface area contributed by atoms with Gasteiger partial charge in [-0.15, -0.1) is 0 Å². The van der Waals surface area contributed by atoms with Crippen molar-refractivity contribution in [2.75, 3.05) is 13.7 Å². The largest absolute Gasteiger partial charge is 0.496 e. The SMILES string of the molecule is COc1cc([C@H](CCC(=O)OC(C)(C)C)C(=O)N2C(=O)OC[C@@H]2Cc2ccccc2)ccc1C. The number of methoxy groups -OCH3 is 1. The number of rotatable bonds is 8. The molecule has 0 bridgehead atoms. The molecule has 0 N–H and O–H groups in total. The average molecular weight is 468 g/mol. The molecule has 2 aromatic rings. The van der Waals surface area contributed by atoms with Gasteiger partial charge in [0.05, 0.1) is 19.1 Å². The third kappa shape index (κ3) is 6.37. The van der Waals surface area contributed by atoms with Gasteiger partial charge >= 0.3 is 12.1 Å². The third-order valence-corrected chi connectivity index (χ3v) is 5.70. The average Bonchev–Trinajstić information content (AvgIpc) is 3.14. The van der Waals surface area contributed by atoms with Crippen molar-refractivity contribution in [1.82, 2.24) is 4.90 Å². The summed E-state index contributed by atoms with van der Waals surface area (Å²) < 4.78 is 16.1. The minimum absolute atomic E-state index is 0.0378. The van der Waals surface area contributed by atoms with Gasteiger partial charge in [-0.3, -0.25) is 9.59 Å². The van der Waals surface area contributed by atoms with Crippen LogP contribution in [0.5, 0.6) is 5.75 Å². The molecule has 7 nitrogen and oxygen atoms in total. The minimum Gasteiger partial charge on any atom is -0.496 e. The Morgan fingerprint density at radius 2 is 1.85 bits per heavy atom. The molecular weight excluding hydrogens is 434 g/mol. The number of carbonyl (C=O) groups is 3. The Hall–Kier alpha value is -3.35. The molecule has 2 aromatic carbocycles. The van der Waals surface area contributed by atoms with Crippen LogP contribution >= 0.6 is 0 Å². The fraction of sp³-hybridized carbons (Fsp3) is 0.444. The molecule has 2 atom stereocenters. The second-order valence-electron chi connectivity index (χ2n) is 9.54. The molecule has 1 aliphatic heterocycles. The van der Waals surface area contributed by atoms with E-state index in [0.29, 0.717) is 17.7 Å². The number of hydrogen-bond acceptors (Lipinski definition) is 6. The molecule has 1 aliphatic rings. The molecule has 2 amide bonds. The summed E-state index contributed by atoms with van der Waals surface area (Å²) >= 11 is 0. The predicted molar refractivity (Wildman–Crippen MR) is 128 cm³/mol. The van der Waals surface area contributed by atoms with Crippen molar-refractivity contribution < 1.29 is 28.6 Å². The van der Waals surface area contributed by atoms with Gasteiger partial charge in [-0.2, -0.15) is 0 Å². The van der Waals surface area contributed by atoms with E-state index in [0.717, 1.165) is 11.1 Å². The summed E-state index contributed by atoms with van der Waals surface area (Å²) in [4.78, 5) is 40.0. The van der Waals surface area contributed by atoms with E-state index in [-0.39, 0.29) is 19.4 Å². The summed E-state index contributed by atoms with van der Waals surface area (Å²) in [6, 6.07) is 14.7. The molecule has 182 valence electrons. The molecule has 0 aromatic heterocycles. The lowest BCUT2D eigenvalue weighted by molar-refractivity contribution is -0.155. The van der Waals surface area contributed by atoms with Gasteiger partial charge in [-0.05, 0) is 63.3 Å². The highest BCUT2D eigenvalue weighted by atomic mass is 16.6. The molecule has 1 saturated heterocycles. The van der Waals surface area contributed by atoms with E-state index in [4.69, 9.17) is 14.2 Å². The van der Waals surface area contributed by atoms with Gasteiger partial charge in [0.1, 0.15) is 18.0 Å².